The third-order valence-electron chi connectivity index (χ3n) is 8.84. The number of carbonyl (C=O) groups excluding carboxylic acids is 4. The van der Waals surface area contributed by atoms with Crippen molar-refractivity contribution in [1.82, 2.24) is 9.80 Å². The molecule has 2 fully saturated rings. The van der Waals surface area contributed by atoms with Crippen LogP contribution in [0.15, 0.2) is 97.1 Å². The van der Waals surface area contributed by atoms with Crippen LogP contribution in [0.2, 0.25) is 0 Å². The molecule has 3 aliphatic rings. The van der Waals surface area contributed by atoms with Crippen molar-refractivity contribution in [2.75, 3.05) is 0 Å². The highest BCUT2D eigenvalue weighted by molar-refractivity contribution is 6.09. The summed E-state index contributed by atoms with van der Waals surface area (Å²) >= 11 is 0. The third-order valence-corrected chi connectivity index (χ3v) is 8.84. The fourth-order valence-electron chi connectivity index (χ4n) is 6.90. The van der Waals surface area contributed by atoms with Crippen LogP contribution in [0, 0.1) is 11.8 Å². The van der Waals surface area contributed by atoms with Gasteiger partial charge in [0.2, 0.25) is 23.6 Å². The zero-order valence-electron chi connectivity index (χ0n) is 21.9. The van der Waals surface area contributed by atoms with Crippen molar-refractivity contribution in [3.63, 3.8) is 0 Å². The maximum absolute atomic E-state index is 13.8. The van der Waals surface area contributed by atoms with Crippen LogP contribution in [0.25, 0.3) is 10.8 Å². The summed E-state index contributed by atoms with van der Waals surface area (Å²) in [5, 5.41) is 2.00. The number of carbonyl (C=O) groups is 4. The smallest absolute Gasteiger partial charge is 0.237 e. The largest absolute Gasteiger partial charge is 0.278 e. The normalized spacial score (nSPS) is 24.1. The molecule has 4 aromatic carbocycles. The summed E-state index contributed by atoms with van der Waals surface area (Å²) in [4.78, 5) is 57.3. The molecular formula is C34H28N2O4. The van der Waals surface area contributed by atoms with E-state index in [1.807, 2.05) is 91.0 Å². The maximum Gasteiger partial charge on any atom is 0.237 e. The number of likely N-dealkylation sites (tertiary alicyclic amines) is 2. The minimum absolute atomic E-state index is 0.107. The first-order valence-electron chi connectivity index (χ1n) is 13.8. The number of fused-ring (bicyclic) bond motifs is 4. The van der Waals surface area contributed by atoms with Gasteiger partial charge in [0, 0.05) is 6.42 Å². The van der Waals surface area contributed by atoms with Gasteiger partial charge in [-0.2, -0.15) is 0 Å². The van der Waals surface area contributed by atoms with E-state index in [9.17, 15) is 19.2 Å². The fraction of sp³-hybridized carbons (Fsp3) is 0.235. The predicted octanol–water partition coefficient (Wildman–Crippen LogP) is 5.17. The summed E-state index contributed by atoms with van der Waals surface area (Å²) in [5.74, 6) is -2.80. The van der Waals surface area contributed by atoms with E-state index in [1.54, 1.807) is 0 Å². The molecule has 7 rings (SSSR count). The molecule has 2 saturated heterocycles. The molecule has 198 valence electrons. The van der Waals surface area contributed by atoms with Gasteiger partial charge in [-0.05, 0) is 45.4 Å². The zero-order valence-corrected chi connectivity index (χ0v) is 21.9. The molecule has 4 aromatic rings. The van der Waals surface area contributed by atoms with Crippen molar-refractivity contribution in [3.05, 3.63) is 119 Å². The lowest BCUT2D eigenvalue weighted by Crippen LogP contribution is -2.34. The molecule has 0 aromatic heterocycles. The second-order valence-corrected chi connectivity index (χ2v) is 11.1. The van der Waals surface area contributed by atoms with Gasteiger partial charge in [-0.3, -0.25) is 29.0 Å². The number of hydrogen-bond donors (Lipinski definition) is 0. The lowest BCUT2D eigenvalue weighted by Gasteiger charge is -2.34. The second kappa shape index (κ2) is 9.56. The summed E-state index contributed by atoms with van der Waals surface area (Å²) in [7, 11) is 0. The van der Waals surface area contributed by atoms with E-state index < -0.39 is 17.8 Å². The van der Waals surface area contributed by atoms with Gasteiger partial charge in [-0.1, -0.05) is 97.1 Å². The Morgan fingerprint density at radius 1 is 0.550 bits per heavy atom. The van der Waals surface area contributed by atoms with Crippen molar-refractivity contribution >= 4 is 34.4 Å². The summed E-state index contributed by atoms with van der Waals surface area (Å²) in [6.45, 7) is 0.464. The number of rotatable bonds is 5. The average molecular weight is 529 g/mol. The molecule has 4 amide bonds. The van der Waals surface area contributed by atoms with Crippen LogP contribution in [0.4, 0.5) is 0 Å². The number of hydrogen-bond acceptors (Lipinski definition) is 4. The number of amides is 4. The lowest BCUT2D eigenvalue weighted by molar-refractivity contribution is -0.142. The van der Waals surface area contributed by atoms with Crippen molar-refractivity contribution in [3.8, 4) is 0 Å². The molecule has 6 heteroatoms. The van der Waals surface area contributed by atoms with Crippen LogP contribution >= 0.6 is 0 Å². The molecule has 40 heavy (non-hydrogen) atoms. The van der Waals surface area contributed by atoms with Crippen molar-refractivity contribution in [1.29, 1.82) is 0 Å². The molecule has 6 nitrogen and oxygen atoms in total. The Labute approximate surface area is 232 Å². The number of nitrogens with zero attached hydrogens (tertiary/aromatic N) is 2. The van der Waals surface area contributed by atoms with Gasteiger partial charge in [0.25, 0.3) is 0 Å². The molecule has 1 aliphatic carbocycles. The van der Waals surface area contributed by atoms with Gasteiger partial charge in [-0.25, -0.2) is 0 Å². The van der Waals surface area contributed by atoms with E-state index in [0.29, 0.717) is 6.42 Å². The molecule has 0 radical (unpaired) electrons. The van der Waals surface area contributed by atoms with Gasteiger partial charge in [0.15, 0.2) is 0 Å². The van der Waals surface area contributed by atoms with Crippen molar-refractivity contribution in [2.24, 2.45) is 11.8 Å². The first kappa shape index (κ1) is 24.5. The first-order chi connectivity index (χ1) is 19.5. The quantitative estimate of drug-likeness (QED) is 0.335. The Morgan fingerprint density at radius 2 is 1.07 bits per heavy atom. The van der Waals surface area contributed by atoms with E-state index in [2.05, 4.69) is 6.07 Å². The van der Waals surface area contributed by atoms with Gasteiger partial charge in [0.05, 0.1) is 30.8 Å². The third kappa shape index (κ3) is 3.94. The Bertz CT molecular complexity index is 1670. The topological polar surface area (TPSA) is 74.8 Å². The molecule has 1 unspecified atom stereocenters. The van der Waals surface area contributed by atoms with Crippen LogP contribution in [0.1, 0.15) is 46.9 Å². The van der Waals surface area contributed by atoms with Crippen LogP contribution in [0.3, 0.4) is 0 Å². The molecule has 0 spiro atoms. The number of benzene rings is 4. The van der Waals surface area contributed by atoms with Gasteiger partial charge >= 0.3 is 0 Å². The highest BCUT2D eigenvalue weighted by atomic mass is 16.2. The minimum Gasteiger partial charge on any atom is -0.278 e. The van der Waals surface area contributed by atoms with Crippen molar-refractivity contribution < 1.29 is 19.2 Å². The highest BCUT2D eigenvalue weighted by Crippen LogP contribution is 2.52. The van der Waals surface area contributed by atoms with Crippen LogP contribution in [-0.4, -0.2) is 33.4 Å². The predicted molar refractivity (Wildman–Crippen MR) is 150 cm³/mol. The Hall–Kier alpha value is -4.58. The molecule has 2 heterocycles. The number of imide groups is 2. The van der Waals surface area contributed by atoms with E-state index in [4.69, 9.17) is 0 Å². The monoisotopic (exact) mass is 528 g/mol. The standard InChI is InChI=1S/C34H28N2O4/c37-30-18-28(32(38)35(30)19-21-9-3-1-4-10-21)26-17-29-31(27-16-24-14-8-7-13-23(24)15-25(26)27)34(40)36(33(29)39)20-22-11-5-2-6-12-22/h1-16,26,28-29,31H,17-20H2/t26-,28?,29-,31+/m0/s1. The molecule has 0 bridgehead atoms. The second-order valence-electron chi connectivity index (χ2n) is 11.1. The van der Waals surface area contributed by atoms with Crippen LogP contribution < -0.4 is 0 Å². The molecule has 4 atom stereocenters. The van der Waals surface area contributed by atoms with E-state index in [1.165, 1.54) is 9.80 Å². The van der Waals surface area contributed by atoms with Crippen molar-refractivity contribution in [2.45, 2.75) is 37.8 Å². The van der Waals surface area contributed by atoms with E-state index in [0.717, 1.165) is 33.0 Å². The Balaban J connectivity index is 1.28. The minimum atomic E-state index is -0.584. The van der Waals surface area contributed by atoms with Gasteiger partial charge < -0.3 is 0 Å². The Kier molecular flexibility index (Phi) is 5.84. The molecular weight excluding hydrogens is 500 g/mol. The fourth-order valence-corrected chi connectivity index (χ4v) is 6.90. The van der Waals surface area contributed by atoms with Gasteiger partial charge in [0.1, 0.15) is 0 Å². The lowest BCUT2D eigenvalue weighted by atomic mass is 9.66. The Morgan fingerprint density at radius 3 is 1.70 bits per heavy atom. The van der Waals surface area contributed by atoms with Crippen LogP contribution in [-0.2, 0) is 32.3 Å². The summed E-state index contributed by atoms with van der Waals surface area (Å²) in [6.07, 6.45) is 0.477. The highest BCUT2D eigenvalue weighted by Gasteiger charge is 2.55. The molecule has 0 N–H and O–H groups in total. The summed E-state index contributed by atoms with van der Waals surface area (Å²) < 4.78 is 0. The SMILES string of the molecule is O=C1CC([C@H]2C[C@@H]3C(=O)N(Cc4ccccc4)C(=O)[C@@H]3c3cc4ccccc4cc32)C(=O)N1Cc1ccccc1. The first-order valence-corrected chi connectivity index (χ1v) is 13.8. The summed E-state index contributed by atoms with van der Waals surface area (Å²) in [5.41, 5.74) is 3.52. The van der Waals surface area contributed by atoms with Crippen LogP contribution in [0.5, 0.6) is 0 Å². The summed E-state index contributed by atoms with van der Waals surface area (Å²) in [6, 6.07) is 31.1. The van der Waals surface area contributed by atoms with E-state index in [-0.39, 0.29) is 49.1 Å². The average Bonchev–Trinajstić information content (AvgIpc) is 3.39. The zero-order chi connectivity index (χ0) is 27.4. The van der Waals surface area contributed by atoms with E-state index >= 15 is 0 Å². The van der Waals surface area contributed by atoms with Gasteiger partial charge in [-0.15, -0.1) is 0 Å². The molecule has 0 saturated carbocycles. The maximum atomic E-state index is 13.8. The molecule has 2 aliphatic heterocycles.